The summed E-state index contributed by atoms with van der Waals surface area (Å²) in [5.41, 5.74) is 0.904. The largest absolute Gasteiger partial charge is 0.503 e. The van der Waals surface area contributed by atoms with Crippen LogP contribution in [0.1, 0.15) is 23.6 Å². The molecule has 2 aromatic carbocycles. The van der Waals surface area contributed by atoms with Crippen LogP contribution in [0.5, 0.6) is 0 Å². The first-order chi connectivity index (χ1) is 16.1. The minimum absolute atomic E-state index is 0.0938. The molecule has 0 aromatic heterocycles. The van der Waals surface area contributed by atoms with Crippen molar-refractivity contribution in [3.8, 4) is 0 Å². The molecule has 0 bridgehead atoms. The maximum Gasteiger partial charge on any atom is 0.290 e. The third-order valence-electron chi connectivity index (χ3n) is 5.97. The van der Waals surface area contributed by atoms with Gasteiger partial charge in [0.25, 0.3) is 5.91 Å². The third kappa shape index (κ3) is 5.21. The van der Waals surface area contributed by atoms with E-state index in [9.17, 15) is 19.1 Å². The van der Waals surface area contributed by atoms with E-state index >= 15 is 0 Å². The molecule has 0 aliphatic carbocycles. The molecule has 4 rings (SSSR count). The normalized spacial score (nSPS) is 19.6. The minimum atomic E-state index is -0.976. The number of hydrogen-bond donors (Lipinski definition) is 1. The van der Waals surface area contributed by atoms with Gasteiger partial charge in [0, 0.05) is 31.7 Å². The van der Waals surface area contributed by atoms with E-state index in [1.807, 2.05) is 30.3 Å². The van der Waals surface area contributed by atoms with Crippen LogP contribution < -0.4 is 0 Å². The molecular formula is C26H27FN2O4. The van der Waals surface area contributed by atoms with Crippen LogP contribution in [0.4, 0.5) is 4.39 Å². The number of morpholine rings is 1. The lowest BCUT2D eigenvalue weighted by molar-refractivity contribution is -0.129. The number of nitrogens with zero attached hydrogens (tertiary/aromatic N) is 2. The summed E-state index contributed by atoms with van der Waals surface area (Å²) in [7, 11) is 0. The Morgan fingerprint density at radius 3 is 2.48 bits per heavy atom. The first-order valence-electron chi connectivity index (χ1n) is 11.1. The fourth-order valence-corrected chi connectivity index (χ4v) is 4.27. The molecule has 33 heavy (non-hydrogen) atoms. The number of amides is 1. The molecule has 7 heteroatoms. The summed E-state index contributed by atoms with van der Waals surface area (Å²) in [5.74, 6) is -2.31. The number of rotatable bonds is 8. The van der Waals surface area contributed by atoms with Gasteiger partial charge in [-0.2, -0.15) is 0 Å². The van der Waals surface area contributed by atoms with Gasteiger partial charge in [-0.05, 0) is 24.1 Å². The second-order valence-electron chi connectivity index (χ2n) is 8.10. The molecule has 2 heterocycles. The minimum Gasteiger partial charge on any atom is -0.503 e. The molecule has 2 aromatic rings. The van der Waals surface area contributed by atoms with Crippen molar-refractivity contribution in [2.45, 2.75) is 12.5 Å². The van der Waals surface area contributed by atoms with Gasteiger partial charge in [0.15, 0.2) is 11.5 Å². The second kappa shape index (κ2) is 10.6. The number of ketones is 1. The van der Waals surface area contributed by atoms with Gasteiger partial charge >= 0.3 is 0 Å². The van der Waals surface area contributed by atoms with Gasteiger partial charge in [-0.15, -0.1) is 0 Å². The quantitative estimate of drug-likeness (QED) is 0.623. The fourth-order valence-electron chi connectivity index (χ4n) is 4.27. The molecule has 2 aliphatic heterocycles. The van der Waals surface area contributed by atoms with Crippen LogP contribution in [0.25, 0.3) is 6.08 Å². The maximum atomic E-state index is 14.8. The van der Waals surface area contributed by atoms with Gasteiger partial charge in [0.05, 0.1) is 24.8 Å². The molecule has 1 N–H and O–H groups in total. The molecular weight excluding hydrogens is 423 g/mol. The molecule has 0 radical (unpaired) electrons. The maximum absolute atomic E-state index is 14.8. The van der Waals surface area contributed by atoms with Crippen LogP contribution >= 0.6 is 0 Å². The summed E-state index contributed by atoms with van der Waals surface area (Å²) in [6, 6.07) is 14.3. The van der Waals surface area contributed by atoms with Crippen LogP contribution in [-0.4, -0.2) is 66.0 Å². The number of ether oxygens (including phenoxy) is 1. The molecule has 0 saturated carbocycles. The number of carbonyl (C=O) groups is 2. The number of aliphatic hydroxyl groups is 1. The average Bonchev–Trinajstić information content (AvgIpc) is 3.09. The molecule has 1 unspecified atom stereocenters. The molecule has 6 nitrogen and oxygen atoms in total. The Hall–Kier alpha value is -3.29. The van der Waals surface area contributed by atoms with Crippen molar-refractivity contribution >= 4 is 17.8 Å². The third-order valence-corrected chi connectivity index (χ3v) is 5.97. The summed E-state index contributed by atoms with van der Waals surface area (Å²) >= 11 is 0. The van der Waals surface area contributed by atoms with E-state index < -0.39 is 29.3 Å². The summed E-state index contributed by atoms with van der Waals surface area (Å²) in [6.07, 6.45) is 3.57. The van der Waals surface area contributed by atoms with Crippen LogP contribution in [0.3, 0.4) is 0 Å². The number of aliphatic hydroxyl groups excluding tert-OH is 1. The van der Waals surface area contributed by atoms with E-state index in [-0.39, 0.29) is 11.1 Å². The molecule has 1 amide bonds. The second-order valence-corrected chi connectivity index (χ2v) is 8.10. The van der Waals surface area contributed by atoms with Crippen LogP contribution in [0.2, 0.25) is 0 Å². The zero-order chi connectivity index (χ0) is 23.2. The number of carbonyl (C=O) groups excluding carboxylic acids is 2. The van der Waals surface area contributed by atoms with E-state index in [0.717, 1.165) is 25.2 Å². The highest BCUT2D eigenvalue weighted by molar-refractivity contribution is 6.14. The SMILES string of the molecule is O=C(C=Cc1ccccc1)C1=C(O)C(=O)N(CCCN2CCOCC2)C1c1ccccc1F. The first-order valence-corrected chi connectivity index (χ1v) is 11.1. The Morgan fingerprint density at radius 2 is 1.76 bits per heavy atom. The van der Waals surface area contributed by atoms with Crippen LogP contribution in [0, 0.1) is 5.82 Å². The Bertz CT molecular complexity index is 1060. The van der Waals surface area contributed by atoms with Gasteiger partial charge in [-0.25, -0.2) is 4.39 Å². The van der Waals surface area contributed by atoms with E-state index in [1.165, 1.54) is 17.0 Å². The highest BCUT2D eigenvalue weighted by atomic mass is 19.1. The topological polar surface area (TPSA) is 70.1 Å². The summed E-state index contributed by atoms with van der Waals surface area (Å²) < 4.78 is 20.1. The Kier molecular flexibility index (Phi) is 7.32. The average molecular weight is 451 g/mol. The highest BCUT2D eigenvalue weighted by Gasteiger charge is 2.43. The highest BCUT2D eigenvalue weighted by Crippen LogP contribution is 2.39. The van der Waals surface area contributed by atoms with E-state index in [4.69, 9.17) is 4.74 Å². The number of benzene rings is 2. The van der Waals surface area contributed by atoms with Gasteiger partial charge in [0.2, 0.25) is 0 Å². The van der Waals surface area contributed by atoms with Gasteiger partial charge in [-0.1, -0.05) is 54.6 Å². The lowest BCUT2D eigenvalue weighted by Crippen LogP contribution is -2.39. The predicted octanol–water partition coefficient (Wildman–Crippen LogP) is 3.53. The fraction of sp³-hybridized carbons (Fsp3) is 0.308. The number of halogens is 1. The molecule has 1 saturated heterocycles. The molecule has 172 valence electrons. The van der Waals surface area contributed by atoms with Crippen molar-refractivity contribution < 1.29 is 23.8 Å². The monoisotopic (exact) mass is 450 g/mol. The van der Waals surface area contributed by atoms with Crippen molar-refractivity contribution in [3.05, 3.63) is 88.9 Å². The summed E-state index contributed by atoms with van der Waals surface area (Å²) in [6.45, 7) is 4.03. The smallest absolute Gasteiger partial charge is 0.290 e. The van der Waals surface area contributed by atoms with Crippen molar-refractivity contribution in [1.82, 2.24) is 9.80 Å². The lowest BCUT2D eigenvalue weighted by atomic mass is 9.95. The van der Waals surface area contributed by atoms with Crippen molar-refractivity contribution in [1.29, 1.82) is 0 Å². The van der Waals surface area contributed by atoms with Crippen LogP contribution in [-0.2, 0) is 14.3 Å². The summed E-state index contributed by atoms with van der Waals surface area (Å²) in [4.78, 5) is 29.7. The van der Waals surface area contributed by atoms with Crippen molar-refractivity contribution in [2.75, 3.05) is 39.4 Å². The Morgan fingerprint density at radius 1 is 1.06 bits per heavy atom. The zero-order valence-corrected chi connectivity index (χ0v) is 18.3. The van der Waals surface area contributed by atoms with Crippen molar-refractivity contribution in [3.63, 3.8) is 0 Å². The van der Waals surface area contributed by atoms with E-state index in [2.05, 4.69) is 4.90 Å². The first kappa shape index (κ1) is 22.9. The standard InChI is InChI=1S/C26H27FN2O4/c27-21-10-5-4-9-20(21)24-23(22(30)12-11-19-7-2-1-3-8-19)25(31)26(32)29(24)14-6-13-28-15-17-33-18-16-28/h1-5,7-12,24,31H,6,13-18H2. The number of hydrogen-bond acceptors (Lipinski definition) is 5. The Labute approximate surface area is 192 Å². The zero-order valence-electron chi connectivity index (χ0n) is 18.3. The predicted molar refractivity (Wildman–Crippen MR) is 123 cm³/mol. The van der Waals surface area contributed by atoms with E-state index in [0.29, 0.717) is 26.2 Å². The van der Waals surface area contributed by atoms with Crippen molar-refractivity contribution in [2.24, 2.45) is 0 Å². The van der Waals surface area contributed by atoms with Gasteiger partial charge in [0.1, 0.15) is 5.82 Å². The van der Waals surface area contributed by atoms with Crippen LogP contribution in [0.15, 0.2) is 72.0 Å². The molecule has 1 atom stereocenters. The Balaban J connectivity index is 1.58. The summed E-state index contributed by atoms with van der Waals surface area (Å²) in [5, 5.41) is 10.7. The molecule has 2 aliphatic rings. The molecule has 1 fully saturated rings. The van der Waals surface area contributed by atoms with Gasteiger partial charge < -0.3 is 14.7 Å². The number of allylic oxidation sites excluding steroid dienone is 1. The lowest BCUT2D eigenvalue weighted by Gasteiger charge is -2.30. The van der Waals surface area contributed by atoms with Gasteiger partial charge in [-0.3, -0.25) is 14.5 Å². The molecule has 0 spiro atoms. The van der Waals surface area contributed by atoms with E-state index in [1.54, 1.807) is 24.3 Å².